The Morgan fingerprint density at radius 3 is 2.47 bits per heavy atom. The summed E-state index contributed by atoms with van der Waals surface area (Å²) in [7, 11) is 0. The van der Waals surface area contributed by atoms with Crippen LogP contribution in [0.5, 0.6) is 0 Å². The number of aliphatic carboxylic acids is 1. The molecule has 0 aliphatic rings. The van der Waals surface area contributed by atoms with Crippen molar-refractivity contribution in [2.45, 2.75) is 12.2 Å². The molecule has 17 heavy (non-hydrogen) atoms. The lowest BCUT2D eigenvalue weighted by molar-refractivity contribution is -0.153. The zero-order valence-electron chi connectivity index (χ0n) is 8.70. The van der Waals surface area contributed by atoms with Crippen LogP contribution in [0.15, 0.2) is 24.3 Å². The van der Waals surface area contributed by atoms with Crippen LogP contribution in [-0.4, -0.2) is 32.5 Å². The first-order chi connectivity index (χ1) is 7.93. The summed E-state index contributed by atoms with van der Waals surface area (Å²) in [6.45, 7) is 0. The van der Waals surface area contributed by atoms with Crippen LogP contribution < -0.4 is 11.1 Å². The van der Waals surface area contributed by atoms with E-state index in [0.717, 1.165) is 0 Å². The van der Waals surface area contributed by atoms with E-state index in [-0.39, 0.29) is 10.7 Å². The van der Waals surface area contributed by atoms with Gasteiger partial charge in [0.25, 0.3) is 0 Å². The fourth-order valence-electron chi connectivity index (χ4n) is 1.31. The molecule has 92 valence electrons. The summed E-state index contributed by atoms with van der Waals surface area (Å²) in [5.41, 5.74) is 5.85. The summed E-state index contributed by atoms with van der Waals surface area (Å²) in [5, 5.41) is 30.1. The first kappa shape index (κ1) is 13.4. The van der Waals surface area contributed by atoms with Gasteiger partial charge in [0.1, 0.15) is 6.10 Å². The number of rotatable bonds is 4. The fourth-order valence-corrected chi connectivity index (χ4v) is 1.42. The molecule has 1 rings (SSSR count). The van der Waals surface area contributed by atoms with E-state index in [2.05, 4.69) is 17.5 Å². The molecule has 0 fully saturated rings. The molecule has 0 bridgehead atoms. The number of nitrogens with one attached hydrogen (secondary N) is 1. The third kappa shape index (κ3) is 3.38. The van der Waals surface area contributed by atoms with Crippen molar-refractivity contribution in [2.75, 3.05) is 5.32 Å². The quantitative estimate of drug-likeness (QED) is 0.474. The summed E-state index contributed by atoms with van der Waals surface area (Å²) in [6.07, 6.45) is -3.48. The molecule has 0 saturated heterocycles. The Hall–Kier alpha value is -1.70. The van der Waals surface area contributed by atoms with E-state index in [4.69, 9.17) is 10.8 Å². The van der Waals surface area contributed by atoms with E-state index in [9.17, 15) is 15.0 Å². The number of nitrogens with two attached hydrogens (primary N) is 1. The van der Waals surface area contributed by atoms with Gasteiger partial charge in [-0.2, -0.15) is 0 Å². The van der Waals surface area contributed by atoms with Gasteiger partial charge in [-0.1, -0.05) is 18.2 Å². The number of benzene rings is 1. The van der Waals surface area contributed by atoms with E-state index in [1.54, 1.807) is 18.2 Å². The van der Waals surface area contributed by atoms with Crippen molar-refractivity contribution >= 4 is 29.0 Å². The Morgan fingerprint density at radius 2 is 1.94 bits per heavy atom. The molecule has 6 nitrogen and oxygen atoms in total. The third-order valence-corrected chi connectivity index (χ3v) is 2.19. The van der Waals surface area contributed by atoms with Gasteiger partial charge in [-0.15, -0.1) is 0 Å². The Morgan fingerprint density at radius 1 is 1.35 bits per heavy atom. The maximum atomic E-state index is 10.6. The van der Waals surface area contributed by atoms with Crippen LogP contribution in [0.4, 0.5) is 5.69 Å². The van der Waals surface area contributed by atoms with Crippen molar-refractivity contribution < 1.29 is 20.1 Å². The summed E-state index contributed by atoms with van der Waals surface area (Å²) >= 11 is 4.65. The molecule has 2 unspecified atom stereocenters. The fraction of sp³-hybridized carbons (Fsp3) is 0.200. The smallest absolute Gasteiger partial charge is 0.335 e. The molecule has 0 heterocycles. The van der Waals surface area contributed by atoms with Gasteiger partial charge in [0.2, 0.25) is 0 Å². The highest BCUT2D eigenvalue weighted by atomic mass is 32.1. The predicted molar refractivity (Wildman–Crippen MR) is 65.5 cm³/mol. The lowest BCUT2D eigenvalue weighted by atomic mass is 10.0. The van der Waals surface area contributed by atoms with Crippen molar-refractivity contribution in [1.82, 2.24) is 0 Å². The predicted octanol–water partition coefficient (Wildman–Crippen LogP) is -0.179. The molecule has 0 amide bonds. The van der Waals surface area contributed by atoms with Crippen molar-refractivity contribution in [2.24, 2.45) is 5.73 Å². The highest BCUT2D eigenvalue weighted by Gasteiger charge is 2.26. The number of carboxylic acids is 1. The second kappa shape index (κ2) is 5.58. The molecular weight excluding hydrogens is 244 g/mol. The van der Waals surface area contributed by atoms with Crippen molar-refractivity contribution in [3.05, 3.63) is 29.8 Å². The number of thiocarbonyl (C=S) groups is 1. The summed E-state index contributed by atoms with van der Waals surface area (Å²) in [6, 6.07) is 6.28. The van der Waals surface area contributed by atoms with Gasteiger partial charge in [0, 0.05) is 11.3 Å². The number of carboxylic acid groups (broad SMARTS) is 1. The van der Waals surface area contributed by atoms with Gasteiger partial charge in [-0.25, -0.2) is 4.79 Å². The van der Waals surface area contributed by atoms with Crippen molar-refractivity contribution in [1.29, 1.82) is 0 Å². The Balaban J connectivity index is 3.04. The number of hydrogen-bond donors (Lipinski definition) is 5. The molecule has 6 N–H and O–H groups in total. The van der Waals surface area contributed by atoms with E-state index in [1.807, 2.05) is 0 Å². The minimum absolute atomic E-state index is 0.0190. The van der Waals surface area contributed by atoms with Crippen LogP contribution in [0.2, 0.25) is 0 Å². The average Bonchev–Trinajstić information content (AvgIpc) is 2.27. The molecule has 7 heteroatoms. The standard InChI is InChI=1S/C10H12N2O4S/c11-10(17)12-6-4-2-1-3-5(6)7(13)8(14)9(15)16/h1-4,7-8,13-14H,(H,15,16)(H3,11,12,17). The van der Waals surface area contributed by atoms with Crippen LogP contribution in [0, 0.1) is 0 Å². The number of aliphatic hydroxyl groups excluding tert-OH is 2. The highest BCUT2D eigenvalue weighted by Crippen LogP contribution is 2.25. The Bertz CT molecular complexity index is 438. The molecule has 2 atom stereocenters. The third-order valence-electron chi connectivity index (χ3n) is 2.09. The van der Waals surface area contributed by atoms with Gasteiger partial charge in [0.05, 0.1) is 0 Å². The molecular formula is C10H12N2O4S. The van der Waals surface area contributed by atoms with Crippen molar-refractivity contribution in [3.63, 3.8) is 0 Å². The molecule has 0 radical (unpaired) electrons. The van der Waals surface area contributed by atoms with Crippen LogP contribution >= 0.6 is 12.2 Å². The lowest BCUT2D eigenvalue weighted by Crippen LogP contribution is -2.29. The molecule has 1 aromatic carbocycles. The SMILES string of the molecule is NC(=S)Nc1ccccc1C(O)C(O)C(=O)O. The normalized spacial score (nSPS) is 13.8. The molecule has 0 aromatic heterocycles. The van der Waals surface area contributed by atoms with Crippen LogP contribution in [0.1, 0.15) is 11.7 Å². The first-order valence-corrected chi connectivity index (χ1v) is 5.08. The van der Waals surface area contributed by atoms with E-state index >= 15 is 0 Å². The van der Waals surface area contributed by atoms with Gasteiger partial charge in [-0.05, 0) is 18.3 Å². The molecule has 0 saturated carbocycles. The van der Waals surface area contributed by atoms with Crippen LogP contribution in [-0.2, 0) is 4.79 Å². The summed E-state index contributed by atoms with van der Waals surface area (Å²) < 4.78 is 0. The average molecular weight is 256 g/mol. The number of anilines is 1. The zero-order valence-corrected chi connectivity index (χ0v) is 9.52. The second-order valence-corrected chi connectivity index (χ2v) is 3.74. The first-order valence-electron chi connectivity index (χ1n) is 4.67. The summed E-state index contributed by atoms with van der Waals surface area (Å²) in [5.74, 6) is -1.51. The molecule has 1 aromatic rings. The Kier molecular flexibility index (Phi) is 4.38. The number of aliphatic hydroxyl groups is 2. The van der Waals surface area contributed by atoms with Crippen molar-refractivity contribution in [3.8, 4) is 0 Å². The van der Waals surface area contributed by atoms with Gasteiger partial charge in [-0.3, -0.25) is 0 Å². The largest absolute Gasteiger partial charge is 0.479 e. The maximum absolute atomic E-state index is 10.6. The maximum Gasteiger partial charge on any atom is 0.335 e. The van der Waals surface area contributed by atoms with Gasteiger partial charge < -0.3 is 26.4 Å². The van der Waals surface area contributed by atoms with E-state index in [0.29, 0.717) is 5.69 Å². The molecule has 0 spiro atoms. The van der Waals surface area contributed by atoms with E-state index in [1.165, 1.54) is 6.07 Å². The number of carbonyl (C=O) groups is 1. The van der Waals surface area contributed by atoms with Crippen LogP contribution in [0.25, 0.3) is 0 Å². The zero-order chi connectivity index (χ0) is 13.0. The highest BCUT2D eigenvalue weighted by molar-refractivity contribution is 7.80. The van der Waals surface area contributed by atoms with Gasteiger partial charge >= 0.3 is 5.97 Å². The second-order valence-electron chi connectivity index (χ2n) is 3.30. The number of para-hydroxylation sites is 1. The Labute approximate surface area is 103 Å². The minimum Gasteiger partial charge on any atom is -0.479 e. The van der Waals surface area contributed by atoms with Crippen LogP contribution in [0.3, 0.4) is 0 Å². The summed E-state index contributed by atoms with van der Waals surface area (Å²) in [4.78, 5) is 10.6. The molecule has 0 aliphatic heterocycles. The topological polar surface area (TPSA) is 116 Å². The monoisotopic (exact) mass is 256 g/mol. The van der Waals surface area contributed by atoms with E-state index < -0.39 is 18.2 Å². The lowest BCUT2D eigenvalue weighted by Gasteiger charge is -2.18. The number of hydrogen-bond acceptors (Lipinski definition) is 4. The minimum atomic E-state index is -1.91. The molecule has 0 aliphatic carbocycles. The van der Waals surface area contributed by atoms with Gasteiger partial charge in [0.15, 0.2) is 11.2 Å².